The first-order valence-electron chi connectivity index (χ1n) is 10.2. The van der Waals surface area contributed by atoms with Crippen LogP contribution in [0.3, 0.4) is 0 Å². The molecule has 5 aromatic rings. The first-order chi connectivity index (χ1) is 16.2. The molecule has 0 aliphatic rings. The predicted molar refractivity (Wildman–Crippen MR) is 126 cm³/mol. The molecule has 0 aliphatic heterocycles. The number of nitrogens with zero attached hydrogens (tertiary/aromatic N) is 5. The predicted octanol–water partition coefficient (Wildman–Crippen LogP) is 4.66. The van der Waals surface area contributed by atoms with Gasteiger partial charge < -0.3 is 4.42 Å². The van der Waals surface area contributed by atoms with Crippen LogP contribution in [0.25, 0.3) is 22.4 Å². The van der Waals surface area contributed by atoms with E-state index in [0.717, 1.165) is 11.1 Å². The Labute approximate surface area is 193 Å². The van der Waals surface area contributed by atoms with Crippen molar-refractivity contribution in [3.05, 3.63) is 106 Å². The summed E-state index contributed by atoms with van der Waals surface area (Å²) in [5, 5.41) is 23.5. The maximum atomic E-state index is 13.0. The molecule has 5 rings (SSSR count). The average Bonchev–Trinajstić information content (AvgIpc) is 3.34. The summed E-state index contributed by atoms with van der Waals surface area (Å²) in [6.07, 6.45) is 0. The molecule has 8 heteroatoms. The summed E-state index contributed by atoms with van der Waals surface area (Å²) in [6, 6.07) is 26.5. The highest BCUT2D eigenvalue weighted by Crippen LogP contribution is 2.28. The van der Waals surface area contributed by atoms with Crippen molar-refractivity contribution >= 4 is 22.5 Å². The average molecular weight is 452 g/mol. The highest BCUT2D eigenvalue weighted by Gasteiger charge is 2.18. The Bertz CT molecular complexity index is 1520. The number of nitriles is 1. The van der Waals surface area contributed by atoms with E-state index in [1.54, 1.807) is 18.2 Å². The van der Waals surface area contributed by atoms with Gasteiger partial charge in [-0.3, -0.25) is 4.79 Å². The topological polar surface area (TPSA) is 97.6 Å². The number of hydrogen-bond acceptors (Lipinski definition) is 7. The Morgan fingerprint density at radius 3 is 2.36 bits per heavy atom. The lowest BCUT2D eigenvalue weighted by atomic mass is 10.1. The third-order valence-electron chi connectivity index (χ3n) is 5.10. The Morgan fingerprint density at radius 2 is 1.61 bits per heavy atom. The molecule has 3 aromatic carbocycles. The Kier molecular flexibility index (Phi) is 5.70. The van der Waals surface area contributed by atoms with Gasteiger partial charge in [0.2, 0.25) is 0 Å². The molecule has 0 unspecified atom stereocenters. The van der Waals surface area contributed by atoms with Gasteiger partial charge in [0.1, 0.15) is 0 Å². The summed E-state index contributed by atoms with van der Waals surface area (Å²) in [7, 11) is 0. The number of benzene rings is 3. The number of hydrogen-bond donors (Lipinski definition) is 0. The van der Waals surface area contributed by atoms with E-state index in [2.05, 4.69) is 21.4 Å². The fraction of sp³-hybridized carbons (Fsp3) is 0.0800. The molecule has 0 N–H and O–H groups in total. The van der Waals surface area contributed by atoms with Gasteiger partial charge in [0, 0.05) is 11.1 Å². The second-order valence-electron chi connectivity index (χ2n) is 7.31. The van der Waals surface area contributed by atoms with E-state index in [1.165, 1.54) is 16.4 Å². The molecular formula is C25H17N5O2S. The molecule has 160 valence electrons. The zero-order chi connectivity index (χ0) is 22.6. The second-order valence-corrected chi connectivity index (χ2v) is 8.24. The minimum absolute atomic E-state index is 0.173. The monoisotopic (exact) mass is 451 g/mol. The summed E-state index contributed by atoms with van der Waals surface area (Å²) in [6.45, 7) is 0.339. The molecule has 2 aromatic heterocycles. The maximum absolute atomic E-state index is 13.0. The van der Waals surface area contributed by atoms with E-state index in [4.69, 9.17) is 9.68 Å². The Balaban J connectivity index is 1.46. The minimum atomic E-state index is -0.173. The number of aromatic nitrogens is 4. The van der Waals surface area contributed by atoms with Crippen molar-refractivity contribution in [2.75, 3.05) is 0 Å². The summed E-state index contributed by atoms with van der Waals surface area (Å²) in [5.41, 5.74) is 2.93. The van der Waals surface area contributed by atoms with Gasteiger partial charge in [0.25, 0.3) is 16.7 Å². The van der Waals surface area contributed by atoms with Crippen LogP contribution in [0.2, 0.25) is 0 Å². The largest absolute Gasteiger partial charge is 0.409 e. The molecule has 0 aliphatic carbocycles. The third-order valence-corrected chi connectivity index (χ3v) is 5.99. The first-order valence-corrected chi connectivity index (χ1v) is 11.2. The molecular weight excluding hydrogens is 434 g/mol. The minimum Gasteiger partial charge on any atom is -0.409 e. The molecule has 0 amide bonds. The van der Waals surface area contributed by atoms with Crippen LogP contribution in [0.1, 0.15) is 16.7 Å². The van der Waals surface area contributed by atoms with Crippen LogP contribution in [0.5, 0.6) is 0 Å². The molecule has 33 heavy (non-hydrogen) atoms. The number of rotatable bonds is 6. The highest BCUT2D eigenvalue weighted by atomic mass is 32.2. The van der Waals surface area contributed by atoms with E-state index < -0.39 is 0 Å². The SMILES string of the molecule is N#Cc1ccc(CSc2nnc(-c3nn(Cc4ccccc4)c(=O)c4ccccc34)o2)cc1. The van der Waals surface area contributed by atoms with Gasteiger partial charge in [0.05, 0.1) is 23.6 Å². The van der Waals surface area contributed by atoms with Crippen LogP contribution in [0.15, 0.2) is 93.3 Å². The molecule has 0 spiro atoms. The zero-order valence-corrected chi connectivity index (χ0v) is 18.2. The summed E-state index contributed by atoms with van der Waals surface area (Å²) in [5.74, 6) is 0.880. The lowest BCUT2D eigenvalue weighted by Gasteiger charge is -2.09. The maximum Gasteiger partial charge on any atom is 0.277 e. The van der Waals surface area contributed by atoms with Gasteiger partial charge in [-0.2, -0.15) is 10.4 Å². The van der Waals surface area contributed by atoms with Crippen molar-refractivity contribution in [3.8, 4) is 17.7 Å². The molecule has 0 fully saturated rings. The van der Waals surface area contributed by atoms with Gasteiger partial charge in [-0.1, -0.05) is 72.4 Å². The van der Waals surface area contributed by atoms with E-state index in [0.29, 0.717) is 39.6 Å². The zero-order valence-electron chi connectivity index (χ0n) is 17.4. The van der Waals surface area contributed by atoms with Crippen LogP contribution in [-0.4, -0.2) is 20.0 Å². The van der Waals surface area contributed by atoms with E-state index in [9.17, 15) is 4.79 Å². The third kappa shape index (κ3) is 4.40. The summed E-state index contributed by atoms with van der Waals surface area (Å²) in [4.78, 5) is 13.0. The van der Waals surface area contributed by atoms with Crippen LogP contribution in [0, 0.1) is 11.3 Å². The van der Waals surface area contributed by atoms with Crippen LogP contribution >= 0.6 is 11.8 Å². The fourth-order valence-corrected chi connectivity index (χ4v) is 4.16. The quantitative estimate of drug-likeness (QED) is 0.346. The first kappa shape index (κ1) is 20.7. The lowest BCUT2D eigenvalue weighted by Crippen LogP contribution is -2.24. The van der Waals surface area contributed by atoms with Gasteiger partial charge in [-0.25, -0.2) is 4.68 Å². The van der Waals surface area contributed by atoms with Gasteiger partial charge in [0.15, 0.2) is 5.69 Å². The summed E-state index contributed by atoms with van der Waals surface area (Å²) < 4.78 is 7.33. The highest BCUT2D eigenvalue weighted by molar-refractivity contribution is 7.98. The van der Waals surface area contributed by atoms with Gasteiger partial charge in [-0.05, 0) is 29.3 Å². The smallest absolute Gasteiger partial charge is 0.277 e. The molecule has 7 nitrogen and oxygen atoms in total. The lowest BCUT2D eigenvalue weighted by molar-refractivity contribution is 0.462. The van der Waals surface area contributed by atoms with E-state index in [1.807, 2.05) is 60.7 Å². The van der Waals surface area contributed by atoms with Crippen molar-refractivity contribution in [1.82, 2.24) is 20.0 Å². The second kappa shape index (κ2) is 9.10. The van der Waals surface area contributed by atoms with E-state index >= 15 is 0 Å². The number of fused-ring (bicyclic) bond motifs is 1. The molecule has 0 atom stereocenters. The number of thioether (sulfide) groups is 1. The van der Waals surface area contributed by atoms with Crippen LogP contribution < -0.4 is 5.56 Å². The molecule has 0 radical (unpaired) electrons. The van der Waals surface area contributed by atoms with Gasteiger partial charge >= 0.3 is 0 Å². The Morgan fingerprint density at radius 1 is 0.879 bits per heavy atom. The van der Waals surface area contributed by atoms with E-state index in [-0.39, 0.29) is 11.4 Å². The van der Waals surface area contributed by atoms with Crippen LogP contribution in [-0.2, 0) is 12.3 Å². The van der Waals surface area contributed by atoms with Crippen molar-refractivity contribution < 1.29 is 4.42 Å². The van der Waals surface area contributed by atoms with Crippen molar-refractivity contribution in [2.24, 2.45) is 0 Å². The van der Waals surface area contributed by atoms with Crippen LogP contribution in [0.4, 0.5) is 0 Å². The normalized spacial score (nSPS) is 10.9. The molecule has 0 bridgehead atoms. The standard InChI is InChI=1S/C25H17N5O2S/c26-14-17-10-12-19(13-11-17)16-33-25-28-27-23(32-25)22-20-8-4-5-9-21(20)24(31)30(29-22)15-18-6-2-1-3-7-18/h1-13H,15-16H2. The van der Waals surface area contributed by atoms with Crippen molar-refractivity contribution in [2.45, 2.75) is 17.5 Å². The Hall–Kier alpha value is -4.22. The molecule has 0 saturated heterocycles. The molecule has 0 saturated carbocycles. The fourth-order valence-electron chi connectivity index (χ4n) is 3.44. The molecule has 2 heterocycles. The van der Waals surface area contributed by atoms with Crippen molar-refractivity contribution in [3.63, 3.8) is 0 Å². The van der Waals surface area contributed by atoms with Crippen molar-refractivity contribution in [1.29, 1.82) is 5.26 Å². The van der Waals surface area contributed by atoms with Gasteiger partial charge in [-0.15, -0.1) is 10.2 Å². The summed E-state index contributed by atoms with van der Waals surface area (Å²) >= 11 is 1.40.